The van der Waals surface area contributed by atoms with Crippen LogP contribution in [0.4, 0.5) is 0 Å². The highest BCUT2D eigenvalue weighted by atomic mass is 32.1. The molecule has 7 aromatic carbocycles. The Labute approximate surface area is 222 Å². The average Bonchev–Trinajstić information content (AvgIpc) is 3.44. The van der Waals surface area contributed by atoms with Crippen molar-refractivity contribution in [1.82, 2.24) is 0 Å². The molecule has 1 aromatic heterocycles. The fraction of sp³-hybridized carbons (Fsp3) is 0. The lowest BCUT2D eigenvalue weighted by Gasteiger charge is -2.14. The molecule has 1 heterocycles. The third-order valence-corrected chi connectivity index (χ3v) is 7.71. The van der Waals surface area contributed by atoms with E-state index in [4.69, 9.17) is 12.3 Å². The molecule has 0 saturated heterocycles. The maximum absolute atomic E-state index is 9.27. The molecular formula is C34H20S. The van der Waals surface area contributed by atoms with Crippen molar-refractivity contribution in [2.75, 3.05) is 0 Å². The van der Waals surface area contributed by atoms with Crippen molar-refractivity contribution in [1.29, 1.82) is 0 Å². The van der Waals surface area contributed by atoms with Gasteiger partial charge in [0.25, 0.3) is 0 Å². The number of hydrogen-bond donors (Lipinski definition) is 0. The Morgan fingerprint density at radius 1 is 0.514 bits per heavy atom. The third-order valence-electron chi connectivity index (χ3n) is 6.59. The Kier molecular flexibility index (Phi) is 2.35. The van der Waals surface area contributed by atoms with E-state index in [2.05, 4.69) is 18.2 Å². The van der Waals surface area contributed by atoms with Gasteiger partial charge in [0.05, 0.1) is 15.1 Å². The van der Waals surface area contributed by atoms with Gasteiger partial charge < -0.3 is 0 Å². The Hall–Kier alpha value is -4.20. The second kappa shape index (κ2) is 7.15. The molecule has 0 unspecified atom stereocenters. The van der Waals surface area contributed by atoms with Crippen molar-refractivity contribution >= 4 is 74.6 Å². The number of thiophene rings is 1. The van der Waals surface area contributed by atoms with Crippen molar-refractivity contribution < 1.29 is 15.1 Å². The first-order chi connectivity index (χ1) is 21.9. The fourth-order valence-electron chi connectivity index (χ4n) is 5.05. The van der Waals surface area contributed by atoms with E-state index in [-0.39, 0.29) is 37.9 Å². The first-order valence-corrected chi connectivity index (χ1v) is 12.0. The summed E-state index contributed by atoms with van der Waals surface area (Å²) in [4.78, 5) is 0. The van der Waals surface area contributed by atoms with Gasteiger partial charge in [0.1, 0.15) is 0 Å². The number of rotatable bonds is 1. The summed E-state index contributed by atoms with van der Waals surface area (Å²) in [5.41, 5.74) is 0.710. The molecule has 0 amide bonds. The lowest BCUT2D eigenvalue weighted by Crippen LogP contribution is -1.87. The van der Waals surface area contributed by atoms with Crippen molar-refractivity contribution in [3.63, 3.8) is 0 Å². The van der Waals surface area contributed by atoms with E-state index in [1.807, 2.05) is 36.4 Å². The minimum atomic E-state index is -0.568. The summed E-state index contributed by atoms with van der Waals surface area (Å²) in [6.07, 6.45) is 0. The van der Waals surface area contributed by atoms with Gasteiger partial charge in [-0.1, -0.05) is 103 Å². The van der Waals surface area contributed by atoms with Gasteiger partial charge >= 0.3 is 0 Å². The smallest absolute Gasteiger partial charge is 0.0636 e. The molecule has 0 saturated carbocycles. The molecule has 0 fully saturated rings. The molecular weight excluding hydrogens is 440 g/mol. The van der Waals surface area contributed by atoms with Crippen LogP contribution in [0, 0.1) is 0 Å². The summed E-state index contributed by atoms with van der Waals surface area (Å²) < 4.78 is 97.9. The van der Waals surface area contributed by atoms with Gasteiger partial charge in [0, 0.05) is 20.2 Å². The molecule has 35 heavy (non-hydrogen) atoms. The van der Waals surface area contributed by atoms with Crippen LogP contribution in [0.3, 0.4) is 0 Å². The Morgan fingerprint density at radius 2 is 1.34 bits per heavy atom. The molecule has 0 aliphatic rings. The molecule has 8 rings (SSSR count). The van der Waals surface area contributed by atoms with Gasteiger partial charge in [-0.05, 0) is 72.4 Å². The predicted molar refractivity (Wildman–Crippen MR) is 155 cm³/mol. The SMILES string of the molecule is [2H]c1c([2H])c([2H])c2c([2H])c3c(c([2H])c([2H])c4c([2H])c([2H])c([2H])c([2H])c43)c(-c3ccc4c(c3)sc3ccc5ccccc5c34)c2c1[2H]. The Balaban J connectivity index is 1.64. The number of hydrogen-bond acceptors (Lipinski definition) is 1. The normalized spacial score (nSPS) is 16.4. The van der Waals surface area contributed by atoms with Gasteiger partial charge in [-0.3, -0.25) is 0 Å². The van der Waals surface area contributed by atoms with Crippen LogP contribution in [0.1, 0.15) is 15.1 Å². The quantitative estimate of drug-likeness (QED) is 0.165. The van der Waals surface area contributed by atoms with E-state index < -0.39 is 66.5 Å². The first kappa shape index (κ1) is 11.5. The van der Waals surface area contributed by atoms with E-state index in [0.717, 1.165) is 30.9 Å². The van der Waals surface area contributed by atoms with E-state index in [0.29, 0.717) is 5.56 Å². The molecule has 0 radical (unpaired) electrons. The van der Waals surface area contributed by atoms with E-state index >= 15 is 0 Å². The minimum Gasteiger partial charge on any atom is -0.135 e. The van der Waals surface area contributed by atoms with Crippen molar-refractivity contribution in [3.05, 3.63) is 121 Å². The highest BCUT2D eigenvalue weighted by Crippen LogP contribution is 2.43. The van der Waals surface area contributed by atoms with Crippen LogP contribution in [0.15, 0.2) is 121 Å². The van der Waals surface area contributed by atoms with Crippen LogP contribution in [0.25, 0.3) is 74.4 Å². The summed E-state index contributed by atoms with van der Waals surface area (Å²) in [6.45, 7) is 0. The lowest BCUT2D eigenvalue weighted by molar-refractivity contribution is 1.73. The Bertz CT molecular complexity index is 2710. The first-order valence-electron chi connectivity index (χ1n) is 16.6. The third kappa shape index (κ3) is 2.73. The summed E-state index contributed by atoms with van der Waals surface area (Å²) in [5.74, 6) is 0. The topological polar surface area (TPSA) is 0 Å². The highest BCUT2D eigenvalue weighted by Gasteiger charge is 2.14. The minimum absolute atomic E-state index is 0.0162. The van der Waals surface area contributed by atoms with Crippen molar-refractivity contribution in [2.24, 2.45) is 0 Å². The molecule has 0 bridgehead atoms. The fourth-order valence-corrected chi connectivity index (χ4v) is 6.21. The van der Waals surface area contributed by atoms with Crippen LogP contribution >= 0.6 is 11.3 Å². The van der Waals surface area contributed by atoms with Gasteiger partial charge in [-0.25, -0.2) is 0 Å². The van der Waals surface area contributed by atoms with Crippen LogP contribution in [-0.4, -0.2) is 0 Å². The maximum atomic E-state index is 9.27. The summed E-state index contributed by atoms with van der Waals surface area (Å²) in [6, 6.07) is 12.6. The molecule has 162 valence electrons. The Morgan fingerprint density at radius 3 is 2.29 bits per heavy atom. The number of benzene rings is 7. The molecule has 0 spiro atoms. The van der Waals surface area contributed by atoms with Crippen LogP contribution in [0.2, 0.25) is 0 Å². The lowest BCUT2D eigenvalue weighted by atomic mass is 9.89. The summed E-state index contributed by atoms with van der Waals surface area (Å²) in [7, 11) is 0. The van der Waals surface area contributed by atoms with Crippen LogP contribution in [-0.2, 0) is 0 Å². The molecule has 0 aliphatic heterocycles. The molecule has 0 N–H and O–H groups in total. The molecule has 0 atom stereocenters. The largest absolute Gasteiger partial charge is 0.135 e. The van der Waals surface area contributed by atoms with E-state index in [1.54, 1.807) is 11.3 Å². The maximum Gasteiger partial charge on any atom is 0.0636 e. The van der Waals surface area contributed by atoms with E-state index in [9.17, 15) is 2.74 Å². The van der Waals surface area contributed by atoms with Crippen LogP contribution in [0.5, 0.6) is 0 Å². The summed E-state index contributed by atoms with van der Waals surface area (Å²) >= 11 is 1.56. The summed E-state index contributed by atoms with van der Waals surface area (Å²) in [5, 5.41) is 3.77. The molecule has 8 aromatic rings. The highest BCUT2D eigenvalue weighted by molar-refractivity contribution is 7.26. The molecule has 0 aliphatic carbocycles. The van der Waals surface area contributed by atoms with Gasteiger partial charge in [0.15, 0.2) is 0 Å². The van der Waals surface area contributed by atoms with Crippen molar-refractivity contribution in [2.45, 2.75) is 0 Å². The van der Waals surface area contributed by atoms with Crippen LogP contribution < -0.4 is 0 Å². The zero-order chi connectivity index (χ0) is 32.5. The van der Waals surface area contributed by atoms with Crippen molar-refractivity contribution in [3.8, 4) is 11.1 Å². The van der Waals surface area contributed by atoms with Gasteiger partial charge in [-0.2, -0.15) is 0 Å². The van der Waals surface area contributed by atoms with Gasteiger partial charge in [0.2, 0.25) is 0 Å². The second-order valence-corrected chi connectivity index (χ2v) is 9.56. The zero-order valence-electron chi connectivity index (χ0n) is 29.1. The monoisotopic (exact) mass is 471 g/mol. The standard InChI is InChI=1S/C34H20S/c1-4-10-25-21(7-1)13-16-28-30(25)19-23-9-3-6-12-27(23)33(28)24-14-17-29-32(20-24)35-31-18-15-22-8-2-5-11-26(22)34(29)31/h1-20H/i1D,3D,4D,6D,7D,9D,10D,12D,13D,16D,19D. The zero-order valence-corrected chi connectivity index (χ0v) is 18.9. The van der Waals surface area contributed by atoms with Gasteiger partial charge in [-0.15, -0.1) is 11.3 Å². The van der Waals surface area contributed by atoms with E-state index in [1.165, 1.54) is 0 Å². The average molecular weight is 472 g/mol. The molecule has 0 nitrogen and oxygen atoms in total. The second-order valence-electron chi connectivity index (χ2n) is 8.47. The predicted octanol–water partition coefficient (Wildman–Crippen LogP) is 10.3. The molecule has 1 heteroatoms. The number of fused-ring (bicyclic) bond motifs is 9.